The van der Waals surface area contributed by atoms with Gasteiger partial charge in [-0.15, -0.1) is 0 Å². The third-order valence-electron chi connectivity index (χ3n) is 2.86. The van der Waals surface area contributed by atoms with Crippen LogP contribution in [0.3, 0.4) is 0 Å². The first-order valence-electron chi connectivity index (χ1n) is 5.58. The molecule has 19 heavy (non-hydrogen) atoms. The molecule has 0 fully saturated rings. The van der Waals surface area contributed by atoms with Gasteiger partial charge in [-0.3, -0.25) is 9.78 Å². The van der Waals surface area contributed by atoms with Crippen LogP contribution in [0.1, 0.15) is 0 Å². The van der Waals surface area contributed by atoms with Gasteiger partial charge in [0.2, 0.25) is 0 Å². The number of aromatic nitrogens is 2. The third kappa shape index (κ3) is 1.89. The number of H-pyrrole nitrogens is 1. The SMILES string of the molecule is O=c1[nH]c2ccc(F)cc2c(F)c1-c1cccnc1. The summed E-state index contributed by atoms with van der Waals surface area (Å²) < 4.78 is 27.6. The van der Waals surface area contributed by atoms with Crippen molar-refractivity contribution in [3.05, 3.63) is 64.7 Å². The Morgan fingerprint density at radius 1 is 1.16 bits per heavy atom. The number of benzene rings is 1. The van der Waals surface area contributed by atoms with Crippen LogP contribution >= 0.6 is 0 Å². The van der Waals surface area contributed by atoms with E-state index in [9.17, 15) is 13.6 Å². The molecule has 1 N–H and O–H groups in total. The molecule has 3 aromatic rings. The fraction of sp³-hybridized carbons (Fsp3) is 0. The molecular formula is C14H8F2N2O. The van der Waals surface area contributed by atoms with E-state index in [2.05, 4.69) is 9.97 Å². The van der Waals surface area contributed by atoms with Gasteiger partial charge in [-0.1, -0.05) is 6.07 Å². The molecule has 0 aliphatic carbocycles. The maximum absolute atomic E-state index is 14.4. The number of pyridine rings is 2. The molecule has 0 amide bonds. The zero-order chi connectivity index (χ0) is 13.4. The van der Waals surface area contributed by atoms with E-state index < -0.39 is 17.2 Å². The molecule has 0 aliphatic heterocycles. The molecular weight excluding hydrogens is 250 g/mol. The summed E-state index contributed by atoms with van der Waals surface area (Å²) in [5.74, 6) is -1.30. The monoisotopic (exact) mass is 258 g/mol. The summed E-state index contributed by atoms with van der Waals surface area (Å²) in [6.45, 7) is 0. The molecule has 3 nitrogen and oxygen atoms in total. The predicted octanol–water partition coefficient (Wildman–Crippen LogP) is 2.87. The van der Waals surface area contributed by atoms with Gasteiger partial charge in [-0.25, -0.2) is 8.78 Å². The lowest BCUT2D eigenvalue weighted by Gasteiger charge is -2.05. The van der Waals surface area contributed by atoms with E-state index >= 15 is 0 Å². The van der Waals surface area contributed by atoms with Crippen LogP contribution in [-0.4, -0.2) is 9.97 Å². The Morgan fingerprint density at radius 2 is 2.00 bits per heavy atom. The molecule has 3 rings (SSSR count). The van der Waals surface area contributed by atoms with Crippen molar-refractivity contribution in [2.75, 3.05) is 0 Å². The summed E-state index contributed by atoms with van der Waals surface area (Å²) in [5, 5.41) is 0.0402. The van der Waals surface area contributed by atoms with Gasteiger partial charge in [0, 0.05) is 23.3 Å². The van der Waals surface area contributed by atoms with Crippen LogP contribution in [0.5, 0.6) is 0 Å². The largest absolute Gasteiger partial charge is 0.321 e. The summed E-state index contributed by atoms with van der Waals surface area (Å²) in [7, 11) is 0. The van der Waals surface area contributed by atoms with E-state index in [1.165, 1.54) is 24.5 Å². The average Bonchev–Trinajstić information content (AvgIpc) is 2.41. The minimum atomic E-state index is -0.744. The van der Waals surface area contributed by atoms with Crippen LogP contribution in [0.15, 0.2) is 47.5 Å². The van der Waals surface area contributed by atoms with Crippen LogP contribution < -0.4 is 5.56 Å². The molecule has 0 radical (unpaired) electrons. The highest BCUT2D eigenvalue weighted by Gasteiger charge is 2.14. The van der Waals surface area contributed by atoms with Gasteiger partial charge >= 0.3 is 0 Å². The molecule has 0 saturated heterocycles. The van der Waals surface area contributed by atoms with Crippen molar-refractivity contribution in [1.29, 1.82) is 0 Å². The van der Waals surface area contributed by atoms with E-state index in [1.54, 1.807) is 12.1 Å². The normalized spacial score (nSPS) is 10.8. The van der Waals surface area contributed by atoms with Crippen LogP contribution in [0.4, 0.5) is 8.78 Å². The van der Waals surface area contributed by atoms with Crippen LogP contribution in [-0.2, 0) is 0 Å². The lowest BCUT2D eigenvalue weighted by molar-refractivity contribution is 0.621. The zero-order valence-corrected chi connectivity index (χ0v) is 9.65. The summed E-state index contributed by atoms with van der Waals surface area (Å²) in [6.07, 6.45) is 2.91. The number of rotatable bonds is 1. The quantitative estimate of drug-likeness (QED) is 0.729. The predicted molar refractivity (Wildman–Crippen MR) is 67.7 cm³/mol. The van der Waals surface area contributed by atoms with Gasteiger partial charge in [-0.2, -0.15) is 0 Å². The summed E-state index contributed by atoms with van der Waals surface area (Å²) in [5.41, 5.74) is -0.0836. The molecule has 94 valence electrons. The molecule has 0 bridgehead atoms. The Morgan fingerprint density at radius 3 is 2.74 bits per heavy atom. The van der Waals surface area contributed by atoms with Gasteiger partial charge in [0.05, 0.1) is 11.1 Å². The first-order valence-corrected chi connectivity index (χ1v) is 5.58. The number of hydrogen-bond acceptors (Lipinski definition) is 2. The van der Waals surface area contributed by atoms with Gasteiger partial charge in [-0.05, 0) is 24.3 Å². The van der Waals surface area contributed by atoms with Crippen molar-refractivity contribution in [3.8, 4) is 11.1 Å². The van der Waals surface area contributed by atoms with Gasteiger partial charge < -0.3 is 4.98 Å². The second-order valence-electron chi connectivity index (χ2n) is 4.07. The van der Waals surface area contributed by atoms with Crippen molar-refractivity contribution in [2.45, 2.75) is 0 Å². The number of hydrogen-bond donors (Lipinski definition) is 1. The number of fused-ring (bicyclic) bond motifs is 1. The highest BCUT2D eigenvalue weighted by molar-refractivity contribution is 5.84. The lowest BCUT2D eigenvalue weighted by Crippen LogP contribution is -2.12. The van der Waals surface area contributed by atoms with E-state index in [1.807, 2.05) is 0 Å². The molecule has 0 saturated carbocycles. The van der Waals surface area contributed by atoms with Gasteiger partial charge in [0.25, 0.3) is 5.56 Å². The minimum absolute atomic E-state index is 0.0402. The zero-order valence-electron chi connectivity index (χ0n) is 9.65. The highest BCUT2D eigenvalue weighted by atomic mass is 19.1. The van der Waals surface area contributed by atoms with E-state index in [-0.39, 0.29) is 16.5 Å². The first-order chi connectivity index (χ1) is 9.16. The molecule has 5 heteroatoms. The van der Waals surface area contributed by atoms with E-state index in [0.717, 1.165) is 6.07 Å². The second kappa shape index (κ2) is 4.28. The van der Waals surface area contributed by atoms with Crippen molar-refractivity contribution in [3.63, 3.8) is 0 Å². The molecule has 0 spiro atoms. The molecule has 0 atom stereocenters. The Balaban J connectivity index is 2.40. The fourth-order valence-electron chi connectivity index (χ4n) is 1.99. The molecule has 0 unspecified atom stereocenters. The van der Waals surface area contributed by atoms with E-state index in [4.69, 9.17) is 0 Å². The topological polar surface area (TPSA) is 45.8 Å². The van der Waals surface area contributed by atoms with E-state index in [0.29, 0.717) is 5.56 Å². The fourth-order valence-corrected chi connectivity index (χ4v) is 1.99. The van der Waals surface area contributed by atoms with Crippen LogP contribution in [0.2, 0.25) is 0 Å². The molecule has 2 aromatic heterocycles. The van der Waals surface area contributed by atoms with Crippen LogP contribution in [0, 0.1) is 11.6 Å². The number of aromatic amines is 1. The van der Waals surface area contributed by atoms with Crippen molar-refractivity contribution < 1.29 is 8.78 Å². The second-order valence-corrected chi connectivity index (χ2v) is 4.07. The molecule has 2 heterocycles. The summed E-state index contributed by atoms with van der Waals surface area (Å²) in [4.78, 5) is 18.3. The Hall–Kier alpha value is -2.56. The summed E-state index contributed by atoms with van der Waals surface area (Å²) in [6, 6.07) is 6.74. The maximum atomic E-state index is 14.4. The third-order valence-corrected chi connectivity index (χ3v) is 2.86. The van der Waals surface area contributed by atoms with Crippen LogP contribution in [0.25, 0.3) is 22.0 Å². The van der Waals surface area contributed by atoms with Crippen molar-refractivity contribution in [1.82, 2.24) is 9.97 Å². The smallest absolute Gasteiger partial charge is 0.259 e. The maximum Gasteiger partial charge on any atom is 0.259 e. The van der Waals surface area contributed by atoms with Crippen molar-refractivity contribution >= 4 is 10.9 Å². The molecule has 1 aromatic carbocycles. The Labute approximate surface area is 106 Å². The lowest BCUT2D eigenvalue weighted by atomic mass is 10.1. The highest BCUT2D eigenvalue weighted by Crippen LogP contribution is 2.24. The number of halogens is 2. The van der Waals surface area contributed by atoms with Crippen molar-refractivity contribution in [2.24, 2.45) is 0 Å². The van der Waals surface area contributed by atoms with Gasteiger partial charge in [0.15, 0.2) is 0 Å². The first kappa shape index (κ1) is 11.5. The number of nitrogens with one attached hydrogen (secondary N) is 1. The molecule has 0 aliphatic rings. The number of nitrogens with zero attached hydrogens (tertiary/aromatic N) is 1. The Kier molecular flexibility index (Phi) is 2.59. The summed E-state index contributed by atoms with van der Waals surface area (Å²) >= 11 is 0. The average molecular weight is 258 g/mol. The standard InChI is InChI=1S/C14H8F2N2O/c15-9-3-4-11-10(6-9)13(16)12(14(19)18-11)8-2-1-5-17-7-8/h1-7H,(H,18,19). The minimum Gasteiger partial charge on any atom is -0.321 e. The van der Waals surface area contributed by atoms with Gasteiger partial charge in [0.1, 0.15) is 11.6 Å². The Bertz CT molecular complexity index is 813.